The van der Waals surface area contributed by atoms with Crippen LogP contribution in [0.3, 0.4) is 0 Å². The number of nitrogens with one attached hydrogen (secondary N) is 2. The molecule has 5 heterocycles. The smallest absolute Gasteiger partial charge is 0.323 e. The summed E-state index contributed by atoms with van der Waals surface area (Å²) in [5, 5.41) is 4.44. The molecule has 5 aromatic rings. The highest BCUT2D eigenvalue weighted by molar-refractivity contribution is 5.75. The third-order valence-corrected chi connectivity index (χ3v) is 8.70. The van der Waals surface area contributed by atoms with Crippen LogP contribution in [0.25, 0.3) is 22.3 Å². The standard InChI is InChI=1S/C32H35FN8O2/c1-20(2)41-27(8-11-35-41)24-15-23(33)5-7-28(24)43-29-16-34-21(3)36-30(29)40-13-10-32(19-40)9-12-39(18-32)17-22-4-6-25-26(14-22)38-31(42)37-25/h4-8,11,14-16,20H,9-10,12-13,17-19H2,1-3H3,(H2,37,38,42). The molecular formula is C32H35FN8O2. The number of imidazole rings is 1. The fraction of sp³-hybridized carbons (Fsp3) is 0.375. The van der Waals surface area contributed by atoms with Crippen molar-refractivity contribution in [3.63, 3.8) is 0 Å². The number of halogens is 1. The molecule has 0 saturated carbocycles. The largest absolute Gasteiger partial charge is 0.451 e. The number of hydrogen-bond acceptors (Lipinski definition) is 7. The number of benzene rings is 2. The fourth-order valence-corrected chi connectivity index (χ4v) is 6.64. The highest BCUT2D eigenvalue weighted by Crippen LogP contribution is 2.44. The van der Waals surface area contributed by atoms with E-state index in [4.69, 9.17) is 9.72 Å². The molecule has 1 unspecified atom stereocenters. The molecule has 1 spiro atoms. The average Bonchev–Trinajstić information content (AvgIpc) is 3.77. The first kappa shape index (κ1) is 27.3. The number of ether oxygens (including phenoxy) is 1. The SMILES string of the molecule is Cc1ncc(Oc2ccc(F)cc2-c2ccnn2C(C)C)c(N2CCC3(CCN(Cc4ccc5[nH]c(=O)[nH]c5c4)C3)C2)n1. The summed E-state index contributed by atoms with van der Waals surface area (Å²) in [5.74, 6) is 2.17. The summed E-state index contributed by atoms with van der Waals surface area (Å²) in [7, 11) is 0. The average molecular weight is 583 g/mol. The van der Waals surface area contributed by atoms with E-state index in [0.29, 0.717) is 22.9 Å². The molecule has 2 saturated heterocycles. The number of hydrogen-bond donors (Lipinski definition) is 2. The molecule has 2 N–H and O–H groups in total. The number of H-pyrrole nitrogens is 2. The van der Waals surface area contributed by atoms with Gasteiger partial charge in [0, 0.05) is 49.4 Å². The summed E-state index contributed by atoms with van der Waals surface area (Å²) in [4.78, 5) is 31.4. The lowest BCUT2D eigenvalue weighted by atomic mass is 9.86. The van der Waals surface area contributed by atoms with Crippen LogP contribution < -0.4 is 15.3 Å². The number of aryl methyl sites for hydroxylation is 1. The quantitative estimate of drug-likeness (QED) is 0.263. The van der Waals surface area contributed by atoms with Crippen LogP contribution in [0, 0.1) is 18.2 Å². The molecule has 2 aliphatic rings. The van der Waals surface area contributed by atoms with Crippen molar-refractivity contribution in [3.05, 3.63) is 82.5 Å². The van der Waals surface area contributed by atoms with Gasteiger partial charge >= 0.3 is 5.69 Å². The minimum Gasteiger partial charge on any atom is -0.451 e. The third kappa shape index (κ3) is 5.29. The van der Waals surface area contributed by atoms with E-state index >= 15 is 0 Å². The zero-order valence-corrected chi connectivity index (χ0v) is 24.6. The van der Waals surface area contributed by atoms with E-state index in [0.717, 1.165) is 68.1 Å². The maximum Gasteiger partial charge on any atom is 0.323 e. The fourth-order valence-electron chi connectivity index (χ4n) is 6.64. The Morgan fingerprint density at radius 3 is 2.72 bits per heavy atom. The highest BCUT2D eigenvalue weighted by atomic mass is 19.1. The Balaban J connectivity index is 1.11. The second kappa shape index (κ2) is 10.6. The molecule has 0 amide bonds. The van der Waals surface area contributed by atoms with E-state index in [9.17, 15) is 9.18 Å². The van der Waals surface area contributed by atoms with Crippen molar-refractivity contribution in [2.45, 2.75) is 46.2 Å². The highest BCUT2D eigenvalue weighted by Gasteiger charge is 2.44. The third-order valence-electron chi connectivity index (χ3n) is 8.70. The van der Waals surface area contributed by atoms with Crippen molar-refractivity contribution < 1.29 is 9.13 Å². The zero-order chi connectivity index (χ0) is 29.7. The van der Waals surface area contributed by atoms with Gasteiger partial charge in [-0.2, -0.15) is 5.10 Å². The molecule has 2 fully saturated rings. The summed E-state index contributed by atoms with van der Waals surface area (Å²) >= 11 is 0. The normalized spacial score (nSPS) is 19.0. The number of nitrogens with zero attached hydrogens (tertiary/aromatic N) is 6. The predicted octanol–water partition coefficient (Wildman–Crippen LogP) is 5.43. The van der Waals surface area contributed by atoms with Crippen molar-refractivity contribution in [2.24, 2.45) is 5.41 Å². The van der Waals surface area contributed by atoms with Gasteiger partial charge in [0.15, 0.2) is 11.6 Å². The first-order valence-corrected chi connectivity index (χ1v) is 14.8. The molecule has 222 valence electrons. The predicted molar refractivity (Wildman–Crippen MR) is 163 cm³/mol. The summed E-state index contributed by atoms with van der Waals surface area (Å²) in [6.45, 7) is 10.6. The van der Waals surface area contributed by atoms with Crippen LogP contribution in [0.5, 0.6) is 11.5 Å². The minimum atomic E-state index is -0.340. The maximum absolute atomic E-state index is 14.5. The Hall–Kier alpha value is -4.51. The number of fused-ring (bicyclic) bond motifs is 1. The first-order chi connectivity index (χ1) is 20.7. The van der Waals surface area contributed by atoms with Crippen molar-refractivity contribution in [1.82, 2.24) is 34.6 Å². The van der Waals surface area contributed by atoms with Gasteiger partial charge in [-0.25, -0.2) is 19.2 Å². The van der Waals surface area contributed by atoms with E-state index in [2.05, 4.69) is 42.0 Å². The van der Waals surface area contributed by atoms with Gasteiger partial charge in [-0.05, 0) is 82.1 Å². The minimum absolute atomic E-state index is 0.103. The summed E-state index contributed by atoms with van der Waals surface area (Å²) in [5.41, 5.74) is 4.25. The number of aromatic amines is 2. The number of likely N-dealkylation sites (tertiary alicyclic amines) is 1. The van der Waals surface area contributed by atoms with Gasteiger partial charge in [0.05, 0.1) is 22.9 Å². The van der Waals surface area contributed by atoms with E-state index in [1.54, 1.807) is 18.5 Å². The molecule has 0 bridgehead atoms. The zero-order valence-electron chi connectivity index (χ0n) is 24.6. The lowest BCUT2D eigenvalue weighted by molar-refractivity contribution is 0.270. The van der Waals surface area contributed by atoms with Crippen molar-refractivity contribution in [1.29, 1.82) is 0 Å². The Morgan fingerprint density at radius 1 is 1.02 bits per heavy atom. The van der Waals surface area contributed by atoms with Crippen LogP contribution in [0.15, 0.2) is 59.7 Å². The van der Waals surface area contributed by atoms with Gasteiger partial charge < -0.3 is 19.6 Å². The van der Waals surface area contributed by atoms with Gasteiger partial charge in [0.1, 0.15) is 17.4 Å². The van der Waals surface area contributed by atoms with Crippen LogP contribution >= 0.6 is 0 Å². The van der Waals surface area contributed by atoms with Crippen molar-refractivity contribution in [3.8, 4) is 22.8 Å². The number of rotatable bonds is 7. The Morgan fingerprint density at radius 2 is 1.86 bits per heavy atom. The topological polar surface area (TPSA) is 108 Å². The Kier molecular flexibility index (Phi) is 6.76. The molecule has 0 aliphatic carbocycles. The second-order valence-corrected chi connectivity index (χ2v) is 12.2. The van der Waals surface area contributed by atoms with E-state index < -0.39 is 0 Å². The number of anilines is 1. The van der Waals surface area contributed by atoms with Crippen LogP contribution in [0.2, 0.25) is 0 Å². The lowest BCUT2D eigenvalue weighted by Crippen LogP contribution is -2.31. The molecule has 11 heteroatoms. The Bertz CT molecular complexity index is 1860. The molecule has 2 aliphatic heterocycles. The van der Waals surface area contributed by atoms with Gasteiger partial charge in [-0.1, -0.05) is 6.07 Å². The van der Waals surface area contributed by atoms with Gasteiger partial charge in [-0.15, -0.1) is 0 Å². The Labute approximate surface area is 248 Å². The van der Waals surface area contributed by atoms with Gasteiger partial charge in [0.2, 0.25) is 0 Å². The van der Waals surface area contributed by atoms with Crippen molar-refractivity contribution in [2.75, 3.05) is 31.1 Å². The number of aromatic nitrogens is 6. The van der Waals surface area contributed by atoms with E-state index in [1.165, 1.54) is 17.7 Å². The first-order valence-electron chi connectivity index (χ1n) is 14.8. The van der Waals surface area contributed by atoms with Crippen molar-refractivity contribution >= 4 is 16.9 Å². The second-order valence-electron chi connectivity index (χ2n) is 12.2. The molecule has 7 rings (SSSR count). The monoisotopic (exact) mass is 582 g/mol. The molecule has 10 nitrogen and oxygen atoms in total. The lowest BCUT2D eigenvalue weighted by Gasteiger charge is -2.26. The van der Waals surface area contributed by atoms with E-state index in [1.807, 2.05) is 37.6 Å². The van der Waals surface area contributed by atoms with Crippen LogP contribution in [-0.2, 0) is 6.54 Å². The molecule has 0 radical (unpaired) electrons. The van der Waals surface area contributed by atoms with Gasteiger partial charge in [-0.3, -0.25) is 9.58 Å². The van der Waals surface area contributed by atoms with Crippen LogP contribution in [0.4, 0.5) is 10.2 Å². The van der Waals surface area contributed by atoms with Gasteiger partial charge in [0.25, 0.3) is 0 Å². The maximum atomic E-state index is 14.5. The summed E-state index contributed by atoms with van der Waals surface area (Å²) in [6, 6.07) is 12.6. The molecular weight excluding hydrogens is 547 g/mol. The molecule has 3 aromatic heterocycles. The van der Waals surface area contributed by atoms with E-state index in [-0.39, 0.29) is 23.0 Å². The summed E-state index contributed by atoms with van der Waals surface area (Å²) < 4.78 is 22.8. The molecule has 2 aromatic carbocycles. The molecule has 43 heavy (non-hydrogen) atoms. The molecule has 1 atom stereocenters. The van der Waals surface area contributed by atoms with Crippen LogP contribution in [-0.4, -0.2) is 60.8 Å². The van der Waals surface area contributed by atoms with Crippen LogP contribution in [0.1, 0.15) is 44.1 Å². The summed E-state index contributed by atoms with van der Waals surface area (Å²) in [6.07, 6.45) is 5.61.